The van der Waals surface area contributed by atoms with Crippen LogP contribution in [0.15, 0.2) is 18.6 Å². The largest absolute Gasteiger partial charge is 0.351 e. The first-order valence-corrected chi connectivity index (χ1v) is 8.24. The lowest BCUT2D eigenvalue weighted by molar-refractivity contribution is -0.116. The number of halogens is 1. The molecule has 2 N–H and O–H groups in total. The molecule has 0 fully saturated rings. The van der Waals surface area contributed by atoms with E-state index in [-0.39, 0.29) is 23.9 Å². The number of hydrogen-bond acceptors (Lipinski definition) is 4. The fraction of sp³-hybridized carbons (Fsp3) is 0.467. The molecule has 24 heavy (non-hydrogen) atoms. The van der Waals surface area contributed by atoms with Crippen LogP contribution < -0.4 is 10.6 Å². The maximum Gasteiger partial charge on any atom is 0.273 e. The number of aryl methyl sites for hydroxylation is 2. The van der Waals surface area contributed by atoms with Crippen LogP contribution in [0.3, 0.4) is 0 Å². The molecule has 0 saturated heterocycles. The van der Waals surface area contributed by atoms with Crippen molar-refractivity contribution in [3.8, 4) is 0 Å². The fourth-order valence-corrected chi connectivity index (χ4v) is 2.21. The third-order valence-corrected chi connectivity index (χ3v) is 3.48. The second-order valence-electron chi connectivity index (χ2n) is 5.22. The van der Waals surface area contributed by atoms with Gasteiger partial charge in [-0.25, -0.2) is 0 Å². The minimum atomic E-state index is -0.293. The Morgan fingerprint density at radius 3 is 2.67 bits per heavy atom. The van der Waals surface area contributed by atoms with E-state index in [2.05, 4.69) is 20.8 Å². The highest BCUT2D eigenvalue weighted by atomic mass is 35.5. The number of amides is 2. The van der Waals surface area contributed by atoms with Crippen molar-refractivity contribution in [1.29, 1.82) is 0 Å². The lowest BCUT2D eigenvalue weighted by Crippen LogP contribution is -2.26. The summed E-state index contributed by atoms with van der Waals surface area (Å²) in [6.07, 6.45) is 5.86. The van der Waals surface area contributed by atoms with Crippen LogP contribution in [-0.2, 0) is 17.9 Å². The van der Waals surface area contributed by atoms with Crippen LogP contribution in [0.1, 0.15) is 37.2 Å². The molecule has 130 valence electrons. The number of nitrogens with zero attached hydrogens (tertiary/aromatic N) is 4. The Morgan fingerprint density at radius 2 is 2.04 bits per heavy atom. The topological polar surface area (TPSA) is 93.8 Å². The van der Waals surface area contributed by atoms with Gasteiger partial charge in [-0.1, -0.05) is 18.5 Å². The Labute approximate surface area is 145 Å². The van der Waals surface area contributed by atoms with Gasteiger partial charge in [0.2, 0.25) is 5.91 Å². The van der Waals surface area contributed by atoms with Crippen molar-refractivity contribution in [3.05, 3.63) is 29.3 Å². The lowest BCUT2D eigenvalue weighted by atomic mass is 10.3. The van der Waals surface area contributed by atoms with Gasteiger partial charge in [0, 0.05) is 38.4 Å². The number of nitrogens with one attached hydrogen (secondary N) is 2. The SMILES string of the molecule is CCCNC(=O)c1nn(CC)cc1NC(=O)CCn1cc(Cl)cn1. The van der Waals surface area contributed by atoms with E-state index in [9.17, 15) is 9.59 Å². The number of carbonyl (C=O) groups excluding carboxylic acids is 2. The van der Waals surface area contributed by atoms with Gasteiger partial charge in [-0.05, 0) is 13.3 Å². The van der Waals surface area contributed by atoms with Gasteiger partial charge in [-0.15, -0.1) is 0 Å². The molecule has 0 aliphatic carbocycles. The summed E-state index contributed by atoms with van der Waals surface area (Å²) in [5, 5.41) is 14.3. The molecule has 0 aliphatic rings. The van der Waals surface area contributed by atoms with E-state index in [1.807, 2.05) is 13.8 Å². The molecule has 0 bridgehead atoms. The minimum absolute atomic E-state index is 0.214. The molecule has 8 nitrogen and oxygen atoms in total. The average molecular weight is 353 g/mol. The molecule has 9 heteroatoms. The third-order valence-electron chi connectivity index (χ3n) is 3.28. The van der Waals surface area contributed by atoms with Crippen molar-refractivity contribution in [2.75, 3.05) is 11.9 Å². The van der Waals surface area contributed by atoms with Gasteiger partial charge in [-0.3, -0.25) is 19.0 Å². The van der Waals surface area contributed by atoms with Crippen molar-refractivity contribution in [3.63, 3.8) is 0 Å². The first kappa shape index (κ1) is 18.0. The summed E-state index contributed by atoms with van der Waals surface area (Å²) >= 11 is 5.78. The predicted molar refractivity (Wildman–Crippen MR) is 91.0 cm³/mol. The number of carbonyl (C=O) groups is 2. The second-order valence-corrected chi connectivity index (χ2v) is 5.66. The van der Waals surface area contributed by atoms with Crippen LogP contribution in [0.4, 0.5) is 5.69 Å². The van der Waals surface area contributed by atoms with Crippen molar-refractivity contribution >= 4 is 29.1 Å². The highest BCUT2D eigenvalue weighted by Crippen LogP contribution is 2.14. The van der Waals surface area contributed by atoms with Gasteiger partial charge >= 0.3 is 0 Å². The molecule has 0 radical (unpaired) electrons. The van der Waals surface area contributed by atoms with E-state index < -0.39 is 0 Å². The Balaban J connectivity index is 2.00. The molecule has 0 aliphatic heterocycles. The summed E-state index contributed by atoms with van der Waals surface area (Å²) in [7, 11) is 0. The molecule has 2 aromatic rings. The van der Waals surface area contributed by atoms with E-state index in [0.29, 0.717) is 30.3 Å². The van der Waals surface area contributed by atoms with E-state index in [1.165, 1.54) is 6.20 Å². The van der Waals surface area contributed by atoms with E-state index in [1.54, 1.807) is 21.8 Å². The molecule has 0 aromatic carbocycles. The summed E-state index contributed by atoms with van der Waals surface area (Å²) in [5.74, 6) is -0.514. The molecule has 2 aromatic heterocycles. The highest BCUT2D eigenvalue weighted by molar-refractivity contribution is 6.30. The third kappa shape index (κ3) is 4.82. The van der Waals surface area contributed by atoms with Gasteiger partial charge in [0.1, 0.15) is 0 Å². The standard InChI is InChI=1S/C15H21ClN6O2/c1-3-6-17-15(24)14-12(10-21(4-2)20-14)19-13(23)5-7-22-9-11(16)8-18-22/h8-10H,3-7H2,1-2H3,(H,17,24)(H,19,23). The molecule has 2 rings (SSSR count). The summed E-state index contributed by atoms with van der Waals surface area (Å²) in [5.41, 5.74) is 0.634. The van der Waals surface area contributed by atoms with Crippen LogP contribution in [-0.4, -0.2) is 37.9 Å². The molecule has 0 atom stereocenters. The Morgan fingerprint density at radius 1 is 1.25 bits per heavy atom. The summed E-state index contributed by atoms with van der Waals surface area (Å²) in [6.45, 7) is 5.45. The number of hydrogen-bond donors (Lipinski definition) is 2. The van der Waals surface area contributed by atoms with Crippen molar-refractivity contribution in [2.45, 2.75) is 39.8 Å². The molecule has 0 spiro atoms. The molecule has 0 saturated carbocycles. The summed E-state index contributed by atoms with van der Waals surface area (Å²) < 4.78 is 3.20. The van der Waals surface area contributed by atoms with Gasteiger partial charge < -0.3 is 10.6 Å². The molecule has 2 amide bonds. The maximum atomic E-state index is 12.2. The Kier molecular flexibility index (Phi) is 6.36. The van der Waals surface area contributed by atoms with Gasteiger partial charge in [0.05, 0.1) is 16.9 Å². The maximum absolute atomic E-state index is 12.2. The summed E-state index contributed by atoms with van der Waals surface area (Å²) in [6, 6.07) is 0. The number of rotatable bonds is 8. The van der Waals surface area contributed by atoms with E-state index in [4.69, 9.17) is 11.6 Å². The van der Waals surface area contributed by atoms with Crippen LogP contribution in [0.2, 0.25) is 5.02 Å². The zero-order valence-corrected chi connectivity index (χ0v) is 14.5. The van der Waals surface area contributed by atoms with Crippen LogP contribution in [0, 0.1) is 0 Å². The quantitative estimate of drug-likeness (QED) is 0.759. The summed E-state index contributed by atoms with van der Waals surface area (Å²) in [4.78, 5) is 24.3. The molecular formula is C15H21ClN6O2. The van der Waals surface area contributed by atoms with Crippen molar-refractivity contribution in [1.82, 2.24) is 24.9 Å². The molecular weight excluding hydrogens is 332 g/mol. The highest BCUT2D eigenvalue weighted by Gasteiger charge is 2.18. The normalized spacial score (nSPS) is 10.6. The van der Waals surface area contributed by atoms with Crippen LogP contribution in [0.5, 0.6) is 0 Å². The first-order chi connectivity index (χ1) is 11.5. The van der Waals surface area contributed by atoms with Crippen molar-refractivity contribution < 1.29 is 9.59 Å². The van der Waals surface area contributed by atoms with E-state index in [0.717, 1.165) is 6.42 Å². The smallest absolute Gasteiger partial charge is 0.273 e. The molecule has 0 unspecified atom stereocenters. The zero-order chi connectivity index (χ0) is 17.5. The zero-order valence-electron chi connectivity index (χ0n) is 13.8. The van der Waals surface area contributed by atoms with Crippen molar-refractivity contribution in [2.24, 2.45) is 0 Å². The fourth-order valence-electron chi connectivity index (χ4n) is 2.05. The minimum Gasteiger partial charge on any atom is -0.351 e. The Hall–Kier alpha value is -2.35. The second kappa shape index (κ2) is 8.49. The van der Waals surface area contributed by atoms with Gasteiger partial charge in [0.15, 0.2) is 5.69 Å². The van der Waals surface area contributed by atoms with Gasteiger partial charge in [-0.2, -0.15) is 10.2 Å². The Bertz CT molecular complexity index is 709. The number of aromatic nitrogens is 4. The molecule has 2 heterocycles. The monoisotopic (exact) mass is 352 g/mol. The van der Waals surface area contributed by atoms with E-state index >= 15 is 0 Å². The van der Waals surface area contributed by atoms with Gasteiger partial charge in [0.25, 0.3) is 5.91 Å². The van der Waals surface area contributed by atoms with Crippen LogP contribution >= 0.6 is 11.6 Å². The number of anilines is 1. The average Bonchev–Trinajstić information content (AvgIpc) is 3.16. The lowest BCUT2D eigenvalue weighted by Gasteiger charge is -2.06. The predicted octanol–water partition coefficient (Wildman–Crippen LogP) is 1.92. The first-order valence-electron chi connectivity index (χ1n) is 7.87. The van der Waals surface area contributed by atoms with Crippen LogP contribution in [0.25, 0.3) is 0 Å².